The zero-order valence-electron chi connectivity index (χ0n) is 13.3. The molecule has 2 N–H and O–H groups in total. The van der Waals surface area contributed by atoms with E-state index in [-0.39, 0.29) is 17.7 Å². The summed E-state index contributed by atoms with van der Waals surface area (Å²) < 4.78 is 0. The highest BCUT2D eigenvalue weighted by Gasteiger charge is 2.52. The molecule has 4 aliphatic rings. The summed E-state index contributed by atoms with van der Waals surface area (Å²) in [4.78, 5) is 32.5. The molecule has 1 amide bonds. The molecule has 6 heteroatoms. The number of anilines is 1. The molecule has 2 aliphatic heterocycles. The second-order valence-corrected chi connectivity index (χ2v) is 6.88. The van der Waals surface area contributed by atoms with Crippen molar-refractivity contribution in [3.05, 3.63) is 58.8 Å². The Hall–Kier alpha value is -3.02. The Bertz CT molecular complexity index is 970. The van der Waals surface area contributed by atoms with Crippen molar-refractivity contribution in [3.8, 4) is 0 Å². The number of carbonyl (C=O) groups is 2. The molecule has 1 spiro atoms. The fraction of sp³-hybridized carbons (Fsp3) is 0.263. The Morgan fingerprint density at radius 1 is 1.32 bits per heavy atom. The molecule has 1 saturated carbocycles. The third-order valence-electron chi connectivity index (χ3n) is 5.50. The van der Waals surface area contributed by atoms with Crippen molar-refractivity contribution in [2.45, 2.75) is 30.7 Å². The van der Waals surface area contributed by atoms with Gasteiger partial charge in [0, 0.05) is 18.2 Å². The maximum Gasteiger partial charge on any atom is 0.350 e. The Labute approximate surface area is 143 Å². The highest BCUT2D eigenvalue weighted by Crippen LogP contribution is 2.53. The van der Waals surface area contributed by atoms with Gasteiger partial charge in [0.25, 0.3) is 0 Å². The van der Waals surface area contributed by atoms with E-state index in [0.717, 1.165) is 22.3 Å². The van der Waals surface area contributed by atoms with Crippen LogP contribution in [0.1, 0.15) is 24.8 Å². The smallest absolute Gasteiger partial charge is 0.350 e. The maximum atomic E-state index is 12.7. The average molecular weight is 333 g/mol. The van der Waals surface area contributed by atoms with Gasteiger partial charge < -0.3 is 10.4 Å². The van der Waals surface area contributed by atoms with Crippen LogP contribution >= 0.6 is 0 Å². The van der Waals surface area contributed by atoms with Gasteiger partial charge in [0.15, 0.2) is 0 Å². The number of dihydropyridines is 1. The molecule has 1 unspecified atom stereocenters. The first-order chi connectivity index (χ1) is 12.1. The summed E-state index contributed by atoms with van der Waals surface area (Å²) in [6.45, 7) is 0. The minimum absolute atomic E-state index is 0.0101. The molecule has 0 saturated heterocycles. The number of fused-ring (bicyclic) bond motifs is 4. The molecule has 2 aliphatic carbocycles. The Morgan fingerprint density at radius 2 is 2.16 bits per heavy atom. The van der Waals surface area contributed by atoms with Crippen LogP contribution in [-0.2, 0) is 15.0 Å². The SMILES string of the molecule is O=C(O)C1=N[C@H]2C=C3CC4(CC3=CC2=CC1)C(=O)Nc1ncccc14. The van der Waals surface area contributed by atoms with Crippen LogP contribution in [0, 0.1) is 0 Å². The lowest BCUT2D eigenvalue weighted by atomic mass is 9.80. The van der Waals surface area contributed by atoms with Crippen molar-refractivity contribution in [3.63, 3.8) is 0 Å². The zero-order chi connectivity index (χ0) is 17.2. The third-order valence-corrected chi connectivity index (χ3v) is 5.50. The van der Waals surface area contributed by atoms with Gasteiger partial charge in [0.05, 0.1) is 11.5 Å². The topological polar surface area (TPSA) is 91.6 Å². The molecule has 1 aromatic rings. The number of amides is 1. The molecule has 0 bridgehead atoms. The number of aliphatic carboxylic acids is 1. The molecule has 124 valence electrons. The van der Waals surface area contributed by atoms with Gasteiger partial charge in [-0.2, -0.15) is 0 Å². The first-order valence-electron chi connectivity index (χ1n) is 8.25. The summed E-state index contributed by atoms with van der Waals surface area (Å²) in [5.74, 6) is -0.333. The number of aromatic nitrogens is 1. The van der Waals surface area contributed by atoms with Crippen molar-refractivity contribution in [1.29, 1.82) is 0 Å². The van der Waals surface area contributed by atoms with Crippen molar-refractivity contribution < 1.29 is 14.7 Å². The Kier molecular flexibility index (Phi) is 2.72. The largest absolute Gasteiger partial charge is 0.477 e. The number of carboxylic acid groups (broad SMARTS) is 1. The number of carboxylic acids is 1. The van der Waals surface area contributed by atoms with E-state index in [2.05, 4.69) is 21.4 Å². The van der Waals surface area contributed by atoms with Crippen LogP contribution in [0.5, 0.6) is 0 Å². The molecule has 1 fully saturated rings. The number of hydrogen-bond acceptors (Lipinski definition) is 4. The van der Waals surface area contributed by atoms with Crippen LogP contribution in [0.4, 0.5) is 5.82 Å². The van der Waals surface area contributed by atoms with E-state index in [1.807, 2.05) is 24.3 Å². The second kappa shape index (κ2) is 4.75. The monoisotopic (exact) mass is 333 g/mol. The lowest BCUT2D eigenvalue weighted by Crippen LogP contribution is -2.31. The molecule has 25 heavy (non-hydrogen) atoms. The number of nitrogens with one attached hydrogen (secondary N) is 1. The van der Waals surface area contributed by atoms with Crippen LogP contribution in [-0.4, -0.2) is 33.7 Å². The molecular formula is C19H15N3O3. The molecule has 1 aromatic heterocycles. The van der Waals surface area contributed by atoms with Crippen LogP contribution in [0.15, 0.2) is 58.3 Å². The van der Waals surface area contributed by atoms with E-state index < -0.39 is 11.4 Å². The highest BCUT2D eigenvalue weighted by atomic mass is 16.4. The summed E-state index contributed by atoms with van der Waals surface area (Å²) in [5, 5.41) is 12.1. The van der Waals surface area contributed by atoms with Gasteiger partial charge in [-0.15, -0.1) is 0 Å². The molecule has 3 heterocycles. The lowest BCUT2D eigenvalue weighted by Gasteiger charge is -2.21. The number of hydrogen-bond donors (Lipinski definition) is 2. The predicted octanol–water partition coefficient (Wildman–Crippen LogP) is 2.16. The molecule has 6 nitrogen and oxygen atoms in total. The average Bonchev–Trinajstić information content (AvgIpc) is 3.10. The fourth-order valence-electron chi connectivity index (χ4n) is 4.28. The molecule has 0 aromatic carbocycles. The lowest BCUT2D eigenvalue weighted by molar-refractivity contribution is -0.129. The third kappa shape index (κ3) is 1.91. The van der Waals surface area contributed by atoms with E-state index in [1.165, 1.54) is 0 Å². The minimum atomic E-state index is -0.971. The van der Waals surface area contributed by atoms with E-state index >= 15 is 0 Å². The van der Waals surface area contributed by atoms with E-state index in [1.54, 1.807) is 6.20 Å². The normalized spacial score (nSPS) is 29.0. The van der Waals surface area contributed by atoms with Gasteiger partial charge in [0.2, 0.25) is 5.91 Å². The molecule has 5 rings (SSSR count). The number of allylic oxidation sites excluding steroid dienone is 3. The highest BCUT2D eigenvalue weighted by molar-refractivity contribution is 6.36. The first-order valence-corrected chi connectivity index (χ1v) is 8.25. The standard InChI is InChI=1S/C19H15N3O3/c23-17(24)14-4-3-10-6-11-8-19(9-12(11)7-15(10)21-14)13-2-1-5-20-16(13)22-18(19)25/h1-3,5-7,15H,4,8-9H2,(H,23,24)(H,20,22,25)/t15-,19?/m0/s1. The number of nitrogens with zero attached hydrogens (tertiary/aromatic N) is 2. The van der Waals surface area contributed by atoms with Crippen LogP contribution < -0.4 is 5.32 Å². The quantitative estimate of drug-likeness (QED) is 0.824. The zero-order valence-corrected chi connectivity index (χ0v) is 13.3. The van der Waals surface area contributed by atoms with Gasteiger partial charge in [0.1, 0.15) is 11.5 Å². The van der Waals surface area contributed by atoms with E-state index in [9.17, 15) is 14.7 Å². The number of rotatable bonds is 1. The van der Waals surface area contributed by atoms with Gasteiger partial charge in [-0.1, -0.05) is 24.3 Å². The molecule has 0 radical (unpaired) electrons. The van der Waals surface area contributed by atoms with Crippen molar-refractivity contribution in [2.75, 3.05) is 5.32 Å². The van der Waals surface area contributed by atoms with Crippen LogP contribution in [0.3, 0.4) is 0 Å². The fourth-order valence-corrected chi connectivity index (χ4v) is 4.28. The molecular weight excluding hydrogens is 318 g/mol. The second-order valence-electron chi connectivity index (χ2n) is 6.88. The Balaban J connectivity index is 1.57. The first kappa shape index (κ1) is 14.3. The molecule has 2 atom stereocenters. The summed E-state index contributed by atoms with van der Waals surface area (Å²) in [6, 6.07) is 3.56. The van der Waals surface area contributed by atoms with Gasteiger partial charge in [-0.3, -0.25) is 9.79 Å². The minimum Gasteiger partial charge on any atom is -0.477 e. The van der Waals surface area contributed by atoms with E-state index in [0.29, 0.717) is 25.1 Å². The van der Waals surface area contributed by atoms with Crippen molar-refractivity contribution in [1.82, 2.24) is 4.98 Å². The van der Waals surface area contributed by atoms with Crippen LogP contribution in [0.2, 0.25) is 0 Å². The van der Waals surface area contributed by atoms with Crippen molar-refractivity contribution >= 4 is 23.4 Å². The van der Waals surface area contributed by atoms with E-state index in [4.69, 9.17) is 0 Å². The summed E-state index contributed by atoms with van der Waals surface area (Å²) in [5.41, 5.74) is 3.78. The number of aliphatic imine (C=N–C) groups is 1. The van der Waals surface area contributed by atoms with Gasteiger partial charge in [-0.05, 0) is 35.6 Å². The Morgan fingerprint density at radius 3 is 3.00 bits per heavy atom. The predicted molar refractivity (Wildman–Crippen MR) is 91.5 cm³/mol. The number of carbonyl (C=O) groups excluding carboxylic acids is 1. The summed E-state index contributed by atoms with van der Waals surface area (Å²) in [6.07, 6.45) is 9.29. The van der Waals surface area contributed by atoms with Crippen LogP contribution in [0.25, 0.3) is 0 Å². The maximum absolute atomic E-state index is 12.7. The summed E-state index contributed by atoms with van der Waals surface area (Å²) >= 11 is 0. The van der Waals surface area contributed by atoms with Crippen molar-refractivity contribution in [2.24, 2.45) is 4.99 Å². The van der Waals surface area contributed by atoms with Gasteiger partial charge in [-0.25, -0.2) is 9.78 Å². The number of pyridine rings is 1. The summed E-state index contributed by atoms with van der Waals surface area (Å²) in [7, 11) is 0. The van der Waals surface area contributed by atoms with Gasteiger partial charge >= 0.3 is 5.97 Å².